The Morgan fingerprint density at radius 1 is 0.652 bits per heavy atom. The summed E-state index contributed by atoms with van der Waals surface area (Å²) >= 11 is 0. The summed E-state index contributed by atoms with van der Waals surface area (Å²) in [6, 6.07) is 12.6. The van der Waals surface area contributed by atoms with Gasteiger partial charge in [-0.2, -0.15) is 0 Å². The summed E-state index contributed by atoms with van der Waals surface area (Å²) < 4.78 is 93.0. The molecule has 2 bridgehead atoms. The van der Waals surface area contributed by atoms with Gasteiger partial charge in [-0.05, 0) is 102 Å². The lowest BCUT2D eigenvalue weighted by Gasteiger charge is -2.41. The van der Waals surface area contributed by atoms with Crippen LogP contribution in [-0.2, 0) is 65.2 Å². The standard InChI is InChI=1S/C64H95F3N10O12/c1-47(2)63-71-69-48(3)77(63)56-42-54-12-13-55(43-56)76(54)21-16-59(50-9-5-4-6-10-50)68-64(80)51-44-74(45-51)60(78)39-49-14-19-73(20-15-49)18-8-7-11-53-46-75(72-70-53)22-24-82-26-28-84-30-32-86-34-36-88-38-37-87-35-33-85-31-29-83-27-25-81-23-17-61(79)89-62-57(66)40-52(65)41-58(62)67/h4-6,9-10,40-41,46-47,49,51,54-56,59H,7-8,11-39,42-45H2,1-3H3,(H,68,80)/t54?,55?,56?,59-/m0/s1. The zero-order valence-corrected chi connectivity index (χ0v) is 52.5. The summed E-state index contributed by atoms with van der Waals surface area (Å²) in [7, 11) is 0. The Kier molecular flexibility index (Phi) is 29.4. The SMILES string of the molecule is Cc1nnc(C(C)C)n1C1CC2CCC(C1)N2CC[C@H](NC(=O)C1CN(C(=O)CC2CCN(CCCCc3cn(CCOCCOCCOCCOCCOCCOCCOCCOCCC(=O)Oc4c(F)cc(F)cc4F)nn3)CC2)C1)c1ccccc1. The molecule has 0 spiro atoms. The lowest BCUT2D eigenvalue weighted by Crippen LogP contribution is -2.56. The number of nitrogens with zero attached hydrogens (tertiary/aromatic N) is 9. The average molecular weight is 1250 g/mol. The van der Waals surface area contributed by atoms with E-state index in [0.29, 0.717) is 154 Å². The molecule has 2 aromatic carbocycles. The van der Waals surface area contributed by atoms with Gasteiger partial charge in [-0.3, -0.25) is 19.3 Å². The molecule has 4 aliphatic heterocycles. The van der Waals surface area contributed by atoms with Gasteiger partial charge < -0.3 is 62.3 Å². The molecule has 22 nitrogen and oxygen atoms in total. The van der Waals surface area contributed by atoms with Crippen LogP contribution in [0.4, 0.5) is 13.2 Å². The zero-order valence-electron chi connectivity index (χ0n) is 52.5. The highest BCUT2D eigenvalue weighted by molar-refractivity contribution is 5.84. The Morgan fingerprint density at radius 3 is 1.79 bits per heavy atom. The molecule has 89 heavy (non-hydrogen) atoms. The van der Waals surface area contributed by atoms with Crippen LogP contribution in [0.1, 0.15) is 125 Å². The number of carbonyl (C=O) groups excluding carboxylic acids is 3. The second-order valence-corrected chi connectivity index (χ2v) is 23.9. The van der Waals surface area contributed by atoms with Gasteiger partial charge in [-0.25, -0.2) is 17.9 Å². The van der Waals surface area contributed by atoms with Crippen LogP contribution >= 0.6 is 0 Å². The minimum Gasteiger partial charge on any atom is -0.420 e. The maximum Gasteiger partial charge on any atom is 0.313 e. The lowest BCUT2D eigenvalue weighted by atomic mass is 9.90. The maximum absolute atomic E-state index is 13.7. The number of aryl methyl sites for hydroxylation is 2. The Hall–Kier alpha value is -5.48. The minimum absolute atomic E-state index is 0.0420. The van der Waals surface area contributed by atoms with Crippen molar-refractivity contribution in [1.82, 2.24) is 49.8 Å². The molecule has 2 unspecified atom stereocenters. The van der Waals surface area contributed by atoms with E-state index in [0.717, 1.165) is 100 Å². The van der Waals surface area contributed by atoms with Crippen molar-refractivity contribution in [1.29, 1.82) is 0 Å². The van der Waals surface area contributed by atoms with E-state index in [-0.39, 0.29) is 50.0 Å². The van der Waals surface area contributed by atoms with Gasteiger partial charge in [0.05, 0.1) is 136 Å². The number of hydrogen-bond acceptors (Lipinski definition) is 18. The van der Waals surface area contributed by atoms with Crippen molar-refractivity contribution in [2.75, 3.05) is 145 Å². The van der Waals surface area contributed by atoms with Crippen molar-refractivity contribution in [2.45, 2.75) is 134 Å². The lowest BCUT2D eigenvalue weighted by molar-refractivity contribution is -0.144. The predicted molar refractivity (Wildman–Crippen MR) is 323 cm³/mol. The molecule has 8 rings (SSSR count). The van der Waals surface area contributed by atoms with E-state index in [1.54, 1.807) is 0 Å². The fourth-order valence-corrected chi connectivity index (χ4v) is 12.2. The van der Waals surface area contributed by atoms with E-state index in [1.807, 2.05) is 21.8 Å². The normalized spacial score (nSPS) is 18.7. The van der Waals surface area contributed by atoms with E-state index in [1.165, 1.54) is 12.8 Å². The van der Waals surface area contributed by atoms with E-state index in [4.69, 9.17) is 37.9 Å². The van der Waals surface area contributed by atoms with E-state index < -0.39 is 29.2 Å². The molecule has 4 saturated heterocycles. The van der Waals surface area contributed by atoms with Crippen LogP contribution in [0.2, 0.25) is 0 Å². The molecule has 6 heterocycles. The van der Waals surface area contributed by atoms with Gasteiger partial charge >= 0.3 is 5.97 Å². The van der Waals surface area contributed by atoms with Gasteiger partial charge in [-0.15, -0.1) is 15.3 Å². The van der Waals surface area contributed by atoms with Gasteiger partial charge in [0, 0.05) is 68.4 Å². The number of unbranched alkanes of at least 4 members (excludes halogenated alkanes) is 1. The Balaban J connectivity index is 0.551. The second kappa shape index (κ2) is 37.8. The number of esters is 1. The number of halogens is 3. The van der Waals surface area contributed by atoms with Crippen LogP contribution in [0.5, 0.6) is 5.75 Å². The monoisotopic (exact) mass is 1250 g/mol. The average Bonchev–Trinajstić information content (AvgIpc) is 2.13. The Labute approximate surface area is 522 Å². The van der Waals surface area contributed by atoms with Crippen molar-refractivity contribution >= 4 is 17.8 Å². The van der Waals surface area contributed by atoms with Crippen LogP contribution in [-0.4, -0.2) is 219 Å². The summed E-state index contributed by atoms with van der Waals surface area (Å²) in [6.07, 6.45) is 12.9. The third-order valence-electron chi connectivity index (χ3n) is 17.0. The molecular weight excluding hydrogens is 1160 g/mol. The number of hydrogen-bond donors (Lipinski definition) is 1. The molecule has 2 amide bonds. The van der Waals surface area contributed by atoms with Crippen LogP contribution in [0, 0.1) is 36.2 Å². The van der Waals surface area contributed by atoms with Crippen molar-refractivity contribution in [3.63, 3.8) is 0 Å². The van der Waals surface area contributed by atoms with Gasteiger partial charge in [0.25, 0.3) is 0 Å². The molecule has 1 N–H and O–H groups in total. The smallest absolute Gasteiger partial charge is 0.313 e. The number of rotatable bonds is 43. The van der Waals surface area contributed by atoms with E-state index in [2.05, 4.69) is 90.0 Å². The minimum atomic E-state index is -1.30. The number of aromatic nitrogens is 6. The number of benzene rings is 2. The number of amides is 2. The fraction of sp³-hybridized carbons (Fsp3) is 0.703. The summed E-state index contributed by atoms with van der Waals surface area (Å²) in [5.41, 5.74) is 2.12. The van der Waals surface area contributed by atoms with Crippen LogP contribution < -0.4 is 10.1 Å². The molecule has 0 saturated carbocycles. The first kappa shape index (κ1) is 69.4. The highest BCUT2D eigenvalue weighted by Crippen LogP contribution is 2.42. The van der Waals surface area contributed by atoms with E-state index in [9.17, 15) is 27.6 Å². The predicted octanol–water partition coefficient (Wildman–Crippen LogP) is 6.85. The first-order chi connectivity index (χ1) is 43.4. The summed E-state index contributed by atoms with van der Waals surface area (Å²) in [5, 5.41) is 21.1. The van der Waals surface area contributed by atoms with Crippen molar-refractivity contribution in [2.24, 2.45) is 11.8 Å². The Morgan fingerprint density at radius 2 is 1.21 bits per heavy atom. The number of ether oxygens (including phenoxy) is 9. The van der Waals surface area contributed by atoms with Crippen LogP contribution in [0.15, 0.2) is 48.7 Å². The van der Waals surface area contributed by atoms with Crippen LogP contribution in [0.3, 0.4) is 0 Å². The topological polar surface area (TPSA) is 217 Å². The molecule has 0 aliphatic carbocycles. The van der Waals surface area contributed by atoms with Gasteiger partial charge in [0.1, 0.15) is 17.5 Å². The maximum atomic E-state index is 13.7. The molecule has 4 aromatic rings. The third kappa shape index (κ3) is 23.0. The molecule has 25 heteroatoms. The molecule has 2 aromatic heterocycles. The second-order valence-electron chi connectivity index (χ2n) is 23.9. The molecule has 0 radical (unpaired) electrons. The molecular formula is C64H95F3N10O12. The molecule has 4 fully saturated rings. The third-order valence-corrected chi connectivity index (χ3v) is 17.0. The quantitative estimate of drug-likeness (QED) is 0.0272. The zero-order chi connectivity index (χ0) is 62.6. The van der Waals surface area contributed by atoms with Gasteiger partial charge in [-0.1, -0.05) is 49.4 Å². The largest absolute Gasteiger partial charge is 0.420 e. The molecule has 494 valence electrons. The number of fused-ring (bicyclic) bond motifs is 2. The number of piperidine rings is 2. The first-order valence-electron chi connectivity index (χ1n) is 32.3. The number of likely N-dealkylation sites (tertiary alicyclic amines) is 2. The highest BCUT2D eigenvalue weighted by Gasteiger charge is 2.43. The summed E-state index contributed by atoms with van der Waals surface area (Å²) in [5.74, 6) is -2.68. The number of nitrogens with one attached hydrogen (secondary N) is 1. The van der Waals surface area contributed by atoms with Crippen LogP contribution in [0.25, 0.3) is 0 Å². The van der Waals surface area contributed by atoms with Gasteiger partial charge in [0.15, 0.2) is 11.6 Å². The summed E-state index contributed by atoms with van der Waals surface area (Å²) in [4.78, 5) is 46.1. The molecule has 4 aliphatic rings. The number of carbonyl (C=O) groups is 3. The summed E-state index contributed by atoms with van der Waals surface area (Å²) in [6.45, 7) is 18.1. The van der Waals surface area contributed by atoms with E-state index >= 15 is 0 Å². The van der Waals surface area contributed by atoms with Gasteiger partial charge in [0.2, 0.25) is 17.6 Å². The van der Waals surface area contributed by atoms with Crippen molar-refractivity contribution < 1.29 is 70.2 Å². The Bertz CT molecular complexity index is 2680. The molecule has 3 atom stereocenters. The highest BCUT2D eigenvalue weighted by atomic mass is 19.1. The first-order valence-corrected chi connectivity index (χ1v) is 32.3. The van der Waals surface area contributed by atoms with Crippen molar-refractivity contribution in [3.05, 3.63) is 89.0 Å². The fourth-order valence-electron chi connectivity index (χ4n) is 12.2. The van der Waals surface area contributed by atoms with Crippen molar-refractivity contribution in [3.8, 4) is 5.75 Å².